The predicted molar refractivity (Wildman–Crippen MR) is 86.6 cm³/mol. The Hall–Kier alpha value is -1.75. The van der Waals surface area contributed by atoms with Crippen molar-refractivity contribution in [1.29, 1.82) is 0 Å². The zero-order valence-corrected chi connectivity index (χ0v) is 15.5. The summed E-state index contributed by atoms with van der Waals surface area (Å²) in [4.78, 5) is 36.0. The van der Waals surface area contributed by atoms with Gasteiger partial charge in [-0.1, -0.05) is 0 Å². The standard InChI is InChI=1S/C16H28O10/c1-14(5-17,6-18)12(22)25-9-16(3,11(21)24-4)10-26-13(23)15(2,7-19)8-20/h17-20H,5-10H2,1-4H3. The van der Waals surface area contributed by atoms with Crippen molar-refractivity contribution in [2.24, 2.45) is 16.2 Å². The maximum absolute atomic E-state index is 12.0. The van der Waals surface area contributed by atoms with Crippen LogP contribution in [0.25, 0.3) is 0 Å². The molecule has 10 heteroatoms. The molecule has 0 aromatic heterocycles. The third-order valence-electron chi connectivity index (χ3n) is 4.10. The fourth-order valence-electron chi connectivity index (χ4n) is 1.56. The van der Waals surface area contributed by atoms with Gasteiger partial charge in [-0.3, -0.25) is 14.4 Å². The lowest BCUT2D eigenvalue weighted by Gasteiger charge is -2.30. The smallest absolute Gasteiger partial charge is 0.318 e. The molecule has 0 saturated heterocycles. The van der Waals surface area contributed by atoms with Crippen molar-refractivity contribution in [3.63, 3.8) is 0 Å². The Labute approximate surface area is 151 Å². The van der Waals surface area contributed by atoms with Gasteiger partial charge in [0.1, 0.15) is 29.5 Å². The highest BCUT2D eigenvalue weighted by Gasteiger charge is 2.42. The van der Waals surface area contributed by atoms with E-state index in [9.17, 15) is 34.8 Å². The average Bonchev–Trinajstić information content (AvgIpc) is 2.67. The topological polar surface area (TPSA) is 160 Å². The fraction of sp³-hybridized carbons (Fsp3) is 0.812. The molecule has 10 nitrogen and oxygen atoms in total. The highest BCUT2D eigenvalue weighted by Crippen LogP contribution is 2.25. The molecule has 0 heterocycles. The monoisotopic (exact) mass is 380 g/mol. The van der Waals surface area contributed by atoms with Gasteiger partial charge in [-0.15, -0.1) is 0 Å². The lowest BCUT2D eigenvalue weighted by molar-refractivity contribution is -0.177. The second-order valence-electron chi connectivity index (χ2n) is 6.96. The average molecular weight is 380 g/mol. The Kier molecular flexibility index (Phi) is 9.15. The SMILES string of the molecule is COC(=O)C(C)(COC(=O)C(C)(CO)CO)COC(=O)C(C)(CO)CO. The van der Waals surface area contributed by atoms with Crippen molar-refractivity contribution < 1.29 is 49.0 Å². The van der Waals surface area contributed by atoms with E-state index in [1.165, 1.54) is 20.8 Å². The molecule has 0 spiro atoms. The first-order valence-electron chi connectivity index (χ1n) is 7.85. The number of esters is 3. The van der Waals surface area contributed by atoms with Crippen LogP contribution in [0.15, 0.2) is 0 Å². The van der Waals surface area contributed by atoms with Gasteiger partial charge < -0.3 is 34.6 Å². The zero-order chi connectivity index (χ0) is 20.6. The minimum absolute atomic E-state index is 0.545. The summed E-state index contributed by atoms with van der Waals surface area (Å²) in [5.74, 6) is -2.72. The number of hydrogen-bond donors (Lipinski definition) is 4. The second-order valence-corrected chi connectivity index (χ2v) is 6.96. The summed E-state index contributed by atoms with van der Waals surface area (Å²) < 4.78 is 14.6. The van der Waals surface area contributed by atoms with E-state index < -0.39 is 73.8 Å². The first kappa shape index (κ1) is 24.2. The summed E-state index contributed by atoms with van der Waals surface area (Å²) in [6, 6.07) is 0. The molecule has 0 saturated carbocycles. The summed E-state index contributed by atoms with van der Waals surface area (Å²) in [5.41, 5.74) is -4.68. The lowest BCUT2D eigenvalue weighted by atomic mass is 9.90. The molecule has 0 aliphatic rings. The molecular weight excluding hydrogens is 352 g/mol. The molecule has 0 aliphatic heterocycles. The van der Waals surface area contributed by atoms with Crippen LogP contribution < -0.4 is 0 Å². The van der Waals surface area contributed by atoms with Crippen LogP contribution in [0.4, 0.5) is 0 Å². The van der Waals surface area contributed by atoms with Crippen LogP contribution in [-0.4, -0.2) is 85.1 Å². The van der Waals surface area contributed by atoms with Gasteiger partial charge in [-0.2, -0.15) is 0 Å². The maximum atomic E-state index is 12.0. The van der Waals surface area contributed by atoms with Crippen LogP contribution in [0, 0.1) is 16.2 Å². The van der Waals surface area contributed by atoms with Crippen molar-refractivity contribution >= 4 is 17.9 Å². The van der Waals surface area contributed by atoms with Crippen LogP contribution in [0.5, 0.6) is 0 Å². The van der Waals surface area contributed by atoms with E-state index in [-0.39, 0.29) is 0 Å². The molecule has 0 unspecified atom stereocenters. The van der Waals surface area contributed by atoms with Crippen LogP contribution in [-0.2, 0) is 28.6 Å². The minimum Gasteiger partial charge on any atom is -0.468 e. The Bertz CT molecular complexity index is 459. The number of carbonyl (C=O) groups is 3. The van der Waals surface area contributed by atoms with Gasteiger partial charge in [0.05, 0.1) is 33.5 Å². The van der Waals surface area contributed by atoms with E-state index in [0.717, 1.165) is 7.11 Å². The summed E-state index contributed by atoms with van der Waals surface area (Å²) in [6.45, 7) is 0.110. The van der Waals surface area contributed by atoms with Gasteiger partial charge in [-0.05, 0) is 20.8 Å². The Balaban J connectivity index is 5.16. The largest absolute Gasteiger partial charge is 0.468 e. The summed E-state index contributed by atoms with van der Waals surface area (Å²) >= 11 is 0. The molecule has 0 amide bonds. The van der Waals surface area contributed by atoms with Crippen molar-refractivity contribution in [1.82, 2.24) is 0 Å². The molecule has 0 aromatic rings. The Morgan fingerprint density at radius 3 is 1.19 bits per heavy atom. The van der Waals surface area contributed by atoms with Gasteiger partial charge in [0.25, 0.3) is 0 Å². The van der Waals surface area contributed by atoms with Crippen molar-refractivity contribution in [2.75, 3.05) is 46.8 Å². The van der Waals surface area contributed by atoms with E-state index >= 15 is 0 Å². The van der Waals surface area contributed by atoms with Crippen molar-refractivity contribution in [2.45, 2.75) is 20.8 Å². The molecule has 152 valence electrons. The molecule has 0 atom stereocenters. The van der Waals surface area contributed by atoms with Crippen LogP contribution >= 0.6 is 0 Å². The second kappa shape index (κ2) is 9.81. The van der Waals surface area contributed by atoms with E-state index in [4.69, 9.17) is 9.47 Å². The quantitative estimate of drug-likeness (QED) is 0.239. The number of aliphatic hydroxyl groups excluding tert-OH is 4. The van der Waals surface area contributed by atoms with Gasteiger partial charge in [0.2, 0.25) is 0 Å². The highest BCUT2D eigenvalue weighted by molar-refractivity contribution is 5.80. The van der Waals surface area contributed by atoms with Gasteiger partial charge in [0.15, 0.2) is 0 Å². The molecule has 0 aliphatic carbocycles. The first-order valence-corrected chi connectivity index (χ1v) is 7.85. The number of hydrogen-bond acceptors (Lipinski definition) is 10. The molecule has 26 heavy (non-hydrogen) atoms. The molecule has 0 bridgehead atoms. The molecule has 0 radical (unpaired) electrons. The molecule has 4 N–H and O–H groups in total. The van der Waals surface area contributed by atoms with E-state index in [1.54, 1.807) is 0 Å². The summed E-state index contributed by atoms with van der Waals surface area (Å²) in [7, 11) is 1.10. The van der Waals surface area contributed by atoms with E-state index in [0.29, 0.717) is 0 Å². The van der Waals surface area contributed by atoms with E-state index in [2.05, 4.69) is 4.74 Å². The van der Waals surface area contributed by atoms with Gasteiger partial charge in [0, 0.05) is 0 Å². The van der Waals surface area contributed by atoms with Crippen LogP contribution in [0.3, 0.4) is 0 Å². The van der Waals surface area contributed by atoms with Gasteiger partial charge in [-0.25, -0.2) is 0 Å². The molecular formula is C16H28O10. The Morgan fingerprint density at radius 2 is 0.962 bits per heavy atom. The number of ether oxygens (including phenoxy) is 3. The number of methoxy groups -OCH3 is 1. The molecule has 0 rings (SSSR count). The van der Waals surface area contributed by atoms with Crippen LogP contribution in [0.2, 0.25) is 0 Å². The normalized spacial score (nSPS) is 12.5. The first-order chi connectivity index (χ1) is 12.0. The van der Waals surface area contributed by atoms with Crippen LogP contribution in [0.1, 0.15) is 20.8 Å². The maximum Gasteiger partial charge on any atom is 0.318 e. The predicted octanol–water partition coefficient (Wildman–Crippen LogP) is -1.77. The third kappa shape index (κ3) is 5.63. The number of rotatable bonds is 11. The molecule has 0 fully saturated rings. The fourth-order valence-corrected chi connectivity index (χ4v) is 1.56. The van der Waals surface area contributed by atoms with Crippen molar-refractivity contribution in [3.8, 4) is 0 Å². The third-order valence-corrected chi connectivity index (χ3v) is 4.10. The Morgan fingerprint density at radius 1 is 0.654 bits per heavy atom. The molecule has 0 aromatic carbocycles. The minimum atomic E-state index is -1.57. The summed E-state index contributed by atoms with van der Waals surface area (Å²) in [6.07, 6.45) is 0. The lowest BCUT2D eigenvalue weighted by Crippen LogP contribution is -2.45. The zero-order valence-electron chi connectivity index (χ0n) is 15.5. The number of carbonyl (C=O) groups excluding carboxylic acids is 3. The number of aliphatic hydroxyl groups is 4. The van der Waals surface area contributed by atoms with Gasteiger partial charge >= 0.3 is 17.9 Å². The summed E-state index contributed by atoms with van der Waals surface area (Å²) in [5, 5.41) is 36.8. The van der Waals surface area contributed by atoms with Crippen molar-refractivity contribution in [3.05, 3.63) is 0 Å². The van der Waals surface area contributed by atoms with E-state index in [1.807, 2.05) is 0 Å². The highest BCUT2D eigenvalue weighted by atomic mass is 16.6.